The van der Waals surface area contributed by atoms with E-state index in [9.17, 15) is 14.2 Å². The van der Waals surface area contributed by atoms with Gasteiger partial charge in [-0.3, -0.25) is 9.36 Å². The maximum absolute atomic E-state index is 13.1. The van der Waals surface area contributed by atoms with Crippen LogP contribution in [0.5, 0.6) is 5.75 Å². The van der Waals surface area contributed by atoms with Gasteiger partial charge in [-0.25, -0.2) is 9.78 Å². The Labute approximate surface area is 216 Å². The molecule has 2 heterocycles. The molecule has 2 N–H and O–H groups in total. The molecule has 9 nitrogen and oxygen atoms in total. The van der Waals surface area contributed by atoms with Crippen LogP contribution in [-0.4, -0.2) is 45.5 Å². The zero-order chi connectivity index (χ0) is 26.2. The molecule has 0 unspecified atom stereocenters. The quantitative estimate of drug-likeness (QED) is 0.318. The first kappa shape index (κ1) is 25.7. The molecule has 4 aromatic rings. The molecule has 36 heavy (non-hydrogen) atoms. The van der Waals surface area contributed by atoms with Crippen molar-refractivity contribution in [3.05, 3.63) is 69.1 Å². The van der Waals surface area contributed by atoms with E-state index in [-0.39, 0.29) is 17.3 Å². The van der Waals surface area contributed by atoms with Crippen LogP contribution >= 0.6 is 30.3 Å². The molecule has 0 amide bonds. The normalized spacial score (nSPS) is 11.5. The highest BCUT2D eigenvalue weighted by Crippen LogP contribution is 2.40. The van der Waals surface area contributed by atoms with E-state index in [1.54, 1.807) is 63.0 Å². The maximum atomic E-state index is 13.1. The summed E-state index contributed by atoms with van der Waals surface area (Å²) in [6.45, 7) is 2.57. The smallest absolute Gasteiger partial charge is 0.341 e. The number of hydrogen-bond acceptors (Lipinski definition) is 7. The summed E-state index contributed by atoms with van der Waals surface area (Å²) >= 11 is 12.6. The average molecular weight is 547 g/mol. The average Bonchev–Trinajstić information content (AvgIpc) is 2.81. The molecular weight excluding hydrogens is 526 g/mol. The molecule has 0 saturated heterocycles. The summed E-state index contributed by atoms with van der Waals surface area (Å²) in [7, 11) is -1.22. The topological polar surface area (TPSA) is 123 Å². The molecule has 4 rings (SSSR count). The van der Waals surface area contributed by atoms with Gasteiger partial charge in [0.15, 0.2) is 6.61 Å². The number of halogens is 2. The van der Waals surface area contributed by atoms with Gasteiger partial charge < -0.3 is 19.7 Å². The Balaban J connectivity index is 1.73. The first-order valence-corrected chi connectivity index (χ1v) is 13.9. The molecule has 0 bridgehead atoms. The third kappa shape index (κ3) is 5.23. The van der Waals surface area contributed by atoms with Crippen LogP contribution in [0.15, 0.2) is 53.5 Å². The van der Waals surface area contributed by atoms with E-state index in [0.717, 1.165) is 0 Å². The molecule has 0 radical (unpaired) electrons. The van der Waals surface area contributed by atoms with E-state index in [0.29, 0.717) is 43.2 Å². The van der Waals surface area contributed by atoms with Crippen molar-refractivity contribution in [1.29, 1.82) is 0 Å². The fourth-order valence-corrected chi connectivity index (χ4v) is 5.37. The van der Waals surface area contributed by atoms with Crippen LogP contribution in [0.1, 0.15) is 0 Å². The second-order valence-corrected chi connectivity index (χ2v) is 12.3. The Morgan fingerprint density at radius 3 is 2.50 bits per heavy atom. The third-order valence-corrected chi connectivity index (χ3v) is 7.47. The van der Waals surface area contributed by atoms with Crippen molar-refractivity contribution in [1.82, 2.24) is 14.5 Å². The number of fused-ring (bicyclic) bond motifs is 1. The van der Waals surface area contributed by atoms with Gasteiger partial charge in [-0.2, -0.15) is 4.98 Å². The van der Waals surface area contributed by atoms with Crippen molar-refractivity contribution in [2.45, 2.75) is 0 Å². The van der Waals surface area contributed by atoms with Gasteiger partial charge in [0.2, 0.25) is 5.95 Å². The Bertz CT molecular complexity index is 1600. The van der Waals surface area contributed by atoms with Gasteiger partial charge in [-0.15, -0.1) is 0 Å². The predicted molar refractivity (Wildman–Crippen MR) is 142 cm³/mol. The molecule has 12 heteroatoms. The second kappa shape index (κ2) is 9.93. The number of aromatic nitrogens is 3. The summed E-state index contributed by atoms with van der Waals surface area (Å²) in [5.74, 6) is -0.711. The SMILES string of the molecule is Cn1c(=O)c(-c2c(Cl)cccc2Cl)cc2cnc(Nc3ccc(OCC(=O)O)c(P(C)(C)=O)c3)nc21. The number of carbonyl (C=O) groups is 1. The number of benzene rings is 2. The number of carboxylic acids is 1. The molecular formula is C24H21Cl2N4O5P. The van der Waals surface area contributed by atoms with Crippen LogP contribution in [0, 0.1) is 0 Å². The van der Waals surface area contributed by atoms with Gasteiger partial charge in [0.25, 0.3) is 5.56 Å². The summed E-state index contributed by atoms with van der Waals surface area (Å²) in [5, 5.41) is 13.6. The van der Waals surface area contributed by atoms with Crippen molar-refractivity contribution in [2.75, 3.05) is 25.3 Å². The predicted octanol–water partition coefficient (Wildman–Crippen LogP) is 4.76. The highest BCUT2D eigenvalue weighted by Gasteiger charge is 2.20. The van der Waals surface area contributed by atoms with Crippen molar-refractivity contribution >= 4 is 64.3 Å². The number of aliphatic carboxylic acids is 1. The number of rotatable bonds is 7. The standard InChI is InChI=1S/C24H21Cl2N4O5P/c1-30-22-13(9-15(23(30)33)21-16(25)5-4-6-17(21)26)11-27-24(29-22)28-14-7-8-18(35-12-20(31)32)19(10-14)36(2,3)34/h4-11H,12H2,1-3H3,(H,31,32)(H,27,28,29). The summed E-state index contributed by atoms with van der Waals surface area (Å²) in [4.78, 5) is 32.8. The molecule has 0 aliphatic heterocycles. The minimum Gasteiger partial charge on any atom is -0.481 e. The summed E-state index contributed by atoms with van der Waals surface area (Å²) in [5.41, 5.74) is 1.32. The third-order valence-electron chi connectivity index (χ3n) is 5.33. The number of anilines is 2. The van der Waals surface area contributed by atoms with Crippen molar-refractivity contribution < 1.29 is 19.2 Å². The van der Waals surface area contributed by atoms with E-state index >= 15 is 0 Å². The summed E-state index contributed by atoms with van der Waals surface area (Å²) < 4.78 is 19.5. The van der Waals surface area contributed by atoms with Crippen LogP contribution in [0.3, 0.4) is 0 Å². The first-order chi connectivity index (χ1) is 17.0. The number of aryl methyl sites for hydroxylation is 1. The lowest BCUT2D eigenvalue weighted by molar-refractivity contribution is -0.139. The molecule has 186 valence electrons. The van der Waals surface area contributed by atoms with Crippen molar-refractivity contribution in [3.63, 3.8) is 0 Å². The van der Waals surface area contributed by atoms with E-state index < -0.39 is 19.7 Å². The number of carboxylic acid groups (broad SMARTS) is 1. The van der Waals surface area contributed by atoms with Crippen molar-refractivity contribution in [3.8, 4) is 16.9 Å². The summed E-state index contributed by atoms with van der Waals surface area (Å²) in [6, 6.07) is 11.4. The lowest BCUT2D eigenvalue weighted by Gasteiger charge is -2.16. The number of nitrogens with zero attached hydrogens (tertiary/aromatic N) is 3. The number of ether oxygens (including phenoxy) is 1. The fraction of sp³-hybridized carbons (Fsp3) is 0.167. The highest BCUT2D eigenvalue weighted by atomic mass is 35.5. The molecule has 0 atom stereocenters. The molecule has 2 aromatic carbocycles. The molecule has 0 aliphatic rings. The number of hydrogen-bond donors (Lipinski definition) is 2. The first-order valence-electron chi connectivity index (χ1n) is 10.6. The van der Waals surface area contributed by atoms with E-state index in [2.05, 4.69) is 15.3 Å². The molecule has 0 aliphatic carbocycles. The number of pyridine rings is 1. The Kier molecular flexibility index (Phi) is 7.09. The Morgan fingerprint density at radius 2 is 1.86 bits per heavy atom. The van der Waals surface area contributed by atoms with E-state index in [1.165, 1.54) is 10.6 Å². The van der Waals surface area contributed by atoms with Crippen LogP contribution in [0.4, 0.5) is 11.6 Å². The van der Waals surface area contributed by atoms with E-state index in [4.69, 9.17) is 33.0 Å². The number of nitrogens with one attached hydrogen (secondary N) is 1. The molecule has 0 fully saturated rings. The van der Waals surface area contributed by atoms with Gasteiger partial charge in [-0.05, 0) is 49.7 Å². The zero-order valence-corrected chi connectivity index (χ0v) is 21.9. The largest absolute Gasteiger partial charge is 0.481 e. The van der Waals surface area contributed by atoms with Crippen molar-refractivity contribution in [2.24, 2.45) is 7.05 Å². The minimum atomic E-state index is -2.81. The summed E-state index contributed by atoms with van der Waals surface area (Å²) in [6.07, 6.45) is 1.56. The van der Waals surface area contributed by atoms with E-state index in [1.807, 2.05) is 0 Å². The van der Waals surface area contributed by atoms with Crippen LogP contribution < -0.4 is 20.9 Å². The van der Waals surface area contributed by atoms with Gasteiger partial charge in [0.1, 0.15) is 18.5 Å². The molecule has 0 saturated carbocycles. The molecule has 0 spiro atoms. The van der Waals surface area contributed by atoms with Crippen LogP contribution in [0.2, 0.25) is 10.0 Å². The highest BCUT2D eigenvalue weighted by molar-refractivity contribution is 7.70. The van der Waals surface area contributed by atoms with Gasteiger partial charge in [0.05, 0.1) is 20.9 Å². The van der Waals surface area contributed by atoms with Gasteiger partial charge in [-0.1, -0.05) is 29.3 Å². The maximum Gasteiger partial charge on any atom is 0.341 e. The Morgan fingerprint density at radius 1 is 1.17 bits per heavy atom. The fourth-order valence-electron chi connectivity index (χ4n) is 3.65. The van der Waals surface area contributed by atoms with Gasteiger partial charge >= 0.3 is 5.97 Å². The van der Waals surface area contributed by atoms with Gasteiger partial charge in [0, 0.05) is 29.9 Å². The second-order valence-electron chi connectivity index (χ2n) is 8.33. The molecule has 2 aromatic heterocycles. The van der Waals surface area contributed by atoms with Crippen LogP contribution in [0.25, 0.3) is 22.2 Å². The Hall–Kier alpha value is -3.39. The monoisotopic (exact) mass is 546 g/mol. The zero-order valence-electron chi connectivity index (χ0n) is 19.5. The lowest BCUT2D eigenvalue weighted by atomic mass is 10.1. The van der Waals surface area contributed by atoms with Crippen LogP contribution in [-0.2, 0) is 16.4 Å². The minimum absolute atomic E-state index is 0.202. The lowest BCUT2D eigenvalue weighted by Crippen LogP contribution is -2.20.